The summed E-state index contributed by atoms with van der Waals surface area (Å²) in [6.07, 6.45) is 6.13. The first-order valence-electron chi connectivity index (χ1n) is 6.56. The molecule has 0 unspecified atom stereocenters. The SMILES string of the molecule is CCCCc1cnc(-c2cc(F)c(C(=O)O)c(F)c2)nc1. The van der Waals surface area contributed by atoms with Gasteiger partial charge in [-0.1, -0.05) is 13.3 Å². The van der Waals surface area contributed by atoms with Crippen LogP contribution in [-0.2, 0) is 6.42 Å². The molecule has 21 heavy (non-hydrogen) atoms. The monoisotopic (exact) mass is 292 g/mol. The maximum atomic E-state index is 13.6. The number of aromatic carboxylic acids is 1. The number of hydrogen-bond donors (Lipinski definition) is 1. The van der Waals surface area contributed by atoms with Gasteiger partial charge in [0.2, 0.25) is 0 Å². The highest BCUT2D eigenvalue weighted by atomic mass is 19.1. The molecule has 0 saturated heterocycles. The van der Waals surface area contributed by atoms with E-state index in [1.54, 1.807) is 12.4 Å². The summed E-state index contributed by atoms with van der Waals surface area (Å²) >= 11 is 0. The van der Waals surface area contributed by atoms with Gasteiger partial charge in [-0.3, -0.25) is 0 Å². The van der Waals surface area contributed by atoms with Gasteiger partial charge in [0, 0.05) is 18.0 Å². The fraction of sp³-hybridized carbons (Fsp3) is 0.267. The van der Waals surface area contributed by atoms with Crippen LogP contribution < -0.4 is 0 Å². The fourth-order valence-electron chi connectivity index (χ4n) is 1.92. The van der Waals surface area contributed by atoms with E-state index in [4.69, 9.17) is 5.11 Å². The van der Waals surface area contributed by atoms with Crippen molar-refractivity contribution in [3.05, 3.63) is 47.3 Å². The lowest BCUT2D eigenvalue weighted by Crippen LogP contribution is -2.05. The topological polar surface area (TPSA) is 63.1 Å². The molecule has 1 N–H and O–H groups in total. The first-order valence-corrected chi connectivity index (χ1v) is 6.56. The van der Waals surface area contributed by atoms with Crippen molar-refractivity contribution in [2.75, 3.05) is 0 Å². The molecule has 0 aliphatic heterocycles. The second-order valence-corrected chi connectivity index (χ2v) is 4.64. The third kappa shape index (κ3) is 3.39. The van der Waals surface area contributed by atoms with Crippen LogP contribution in [0.15, 0.2) is 24.5 Å². The molecule has 0 aliphatic rings. The highest BCUT2D eigenvalue weighted by Gasteiger charge is 2.18. The van der Waals surface area contributed by atoms with Crippen LogP contribution in [0.25, 0.3) is 11.4 Å². The third-order valence-corrected chi connectivity index (χ3v) is 3.04. The average Bonchev–Trinajstić information content (AvgIpc) is 2.44. The first-order chi connectivity index (χ1) is 10.0. The number of carbonyl (C=O) groups is 1. The van der Waals surface area contributed by atoms with E-state index in [0.29, 0.717) is 0 Å². The third-order valence-electron chi connectivity index (χ3n) is 3.04. The van der Waals surface area contributed by atoms with E-state index < -0.39 is 23.2 Å². The molecular formula is C15H14F2N2O2. The van der Waals surface area contributed by atoms with Crippen molar-refractivity contribution in [2.24, 2.45) is 0 Å². The molecule has 1 aromatic heterocycles. The Labute approximate surface area is 120 Å². The normalized spacial score (nSPS) is 10.6. The van der Waals surface area contributed by atoms with E-state index in [1.807, 2.05) is 0 Å². The van der Waals surface area contributed by atoms with Gasteiger partial charge in [0.25, 0.3) is 0 Å². The highest BCUT2D eigenvalue weighted by Crippen LogP contribution is 2.22. The van der Waals surface area contributed by atoms with E-state index in [9.17, 15) is 13.6 Å². The molecular weight excluding hydrogens is 278 g/mol. The van der Waals surface area contributed by atoms with Crippen molar-refractivity contribution >= 4 is 5.97 Å². The molecule has 2 aromatic rings. The standard InChI is InChI=1S/C15H14F2N2O2/c1-2-3-4-9-7-18-14(19-8-9)10-5-11(16)13(15(20)21)12(17)6-10/h5-8H,2-4H2,1H3,(H,20,21). The van der Waals surface area contributed by atoms with Crippen LogP contribution in [0.3, 0.4) is 0 Å². The molecule has 1 aromatic carbocycles. The number of unbranched alkanes of at least 4 members (excludes halogenated alkanes) is 1. The van der Waals surface area contributed by atoms with Gasteiger partial charge in [-0.2, -0.15) is 0 Å². The summed E-state index contributed by atoms with van der Waals surface area (Å²) in [6.45, 7) is 2.07. The minimum absolute atomic E-state index is 0.108. The maximum Gasteiger partial charge on any atom is 0.341 e. The summed E-state index contributed by atoms with van der Waals surface area (Å²) in [5, 5.41) is 8.72. The number of hydrogen-bond acceptors (Lipinski definition) is 3. The Hall–Kier alpha value is -2.37. The van der Waals surface area contributed by atoms with Gasteiger partial charge in [-0.25, -0.2) is 23.5 Å². The fourth-order valence-corrected chi connectivity index (χ4v) is 1.92. The average molecular weight is 292 g/mol. The molecule has 0 radical (unpaired) electrons. The summed E-state index contributed by atoms with van der Waals surface area (Å²) in [6, 6.07) is 1.85. The number of carboxylic acid groups (broad SMARTS) is 1. The molecule has 0 bridgehead atoms. The number of rotatable bonds is 5. The molecule has 4 nitrogen and oxygen atoms in total. The first kappa shape index (κ1) is 15.0. The van der Waals surface area contributed by atoms with Crippen LogP contribution in [0.1, 0.15) is 35.7 Å². The van der Waals surface area contributed by atoms with E-state index in [1.165, 1.54) is 0 Å². The van der Waals surface area contributed by atoms with Crippen molar-refractivity contribution in [1.82, 2.24) is 9.97 Å². The molecule has 0 aliphatic carbocycles. The number of benzene rings is 1. The number of carboxylic acids is 1. The minimum Gasteiger partial charge on any atom is -0.477 e. The van der Waals surface area contributed by atoms with Crippen molar-refractivity contribution in [2.45, 2.75) is 26.2 Å². The summed E-state index contributed by atoms with van der Waals surface area (Å²) in [5.41, 5.74) is 0.0825. The van der Waals surface area contributed by atoms with Crippen LogP contribution in [0.5, 0.6) is 0 Å². The van der Waals surface area contributed by atoms with Gasteiger partial charge in [0.05, 0.1) is 0 Å². The molecule has 0 atom stereocenters. The second kappa shape index (κ2) is 6.39. The second-order valence-electron chi connectivity index (χ2n) is 4.64. The van der Waals surface area contributed by atoms with E-state index in [2.05, 4.69) is 16.9 Å². The molecule has 110 valence electrons. The van der Waals surface area contributed by atoms with Crippen molar-refractivity contribution in [1.29, 1.82) is 0 Å². The zero-order valence-electron chi connectivity index (χ0n) is 11.4. The number of halogens is 2. The Morgan fingerprint density at radius 1 is 1.19 bits per heavy atom. The molecule has 1 heterocycles. The minimum atomic E-state index is -1.65. The highest BCUT2D eigenvalue weighted by molar-refractivity contribution is 5.88. The lowest BCUT2D eigenvalue weighted by molar-refractivity contribution is 0.0686. The lowest BCUT2D eigenvalue weighted by Gasteiger charge is -2.05. The van der Waals surface area contributed by atoms with Gasteiger partial charge in [-0.15, -0.1) is 0 Å². The molecule has 0 saturated carbocycles. The summed E-state index contributed by atoms with van der Waals surface area (Å²) in [7, 11) is 0. The van der Waals surface area contributed by atoms with Gasteiger partial charge in [0.1, 0.15) is 17.2 Å². The van der Waals surface area contributed by atoms with E-state index >= 15 is 0 Å². The molecule has 2 rings (SSSR count). The predicted molar refractivity (Wildman–Crippen MR) is 73.0 cm³/mol. The van der Waals surface area contributed by atoms with Crippen LogP contribution in [0, 0.1) is 11.6 Å². The lowest BCUT2D eigenvalue weighted by atomic mass is 10.1. The van der Waals surface area contributed by atoms with Gasteiger partial charge in [0.15, 0.2) is 5.82 Å². The Bertz CT molecular complexity index is 634. The van der Waals surface area contributed by atoms with Crippen molar-refractivity contribution in [3.63, 3.8) is 0 Å². The van der Waals surface area contributed by atoms with Gasteiger partial charge >= 0.3 is 5.97 Å². The van der Waals surface area contributed by atoms with E-state index in [-0.39, 0.29) is 11.4 Å². The number of aromatic nitrogens is 2. The van der Waals surface area contributed by atoms with E-state index in [0.717, 1.165) is 37.0 Å². The zero-order valence-corrected chi connectivity index (χ0v) is 11.4. The summed E-state index contributed by atoms with van der Waals surface area (Å²) in [5.74, 6) is -3.77. The smallest absolute Gasteiger partial charge is 0.341 e. The summed E-state index contributed by atoms with van der Waals surface area (Å²) in [4.78, 5) is 18.9. The molecule has 0 fully saturated rings. The van der Waals surface area contributed by atoms with Crippen molar-refractivity contribution < 1.29 is 18.7 Å². The molecule has 0 spiro atoms. The Balaban J connectivity index is 2.32. The molecule has 6 heteroatoms. The Kier molecular flexibility index (Phi) is 4.57. The number of aryl methyl sites for hydroxylation is 1. The van der Waals surface area contributed by atoms with Crippen LogP contribution in [0.4, 0.5) is 8.78 Å². The van der Waals surface area contributed by atoms with Crippen LogP contribution in [-0.4, -0.2) is 21.0 Å². The molecule has 0 amide bonds. The van der Waals surface area contributed by atoms with Crippen LogP contribution >= 0.6 is 0 Å². The Morgan fingerprint density at radius 2 is 1.76 bits per heavy atom. The maximum absolute atomic E-state index is 13.6. The zero-order chi connectivity index (χ0) is 15.4. The predicted octanol–water partition coefficient (Wildman–Crippen LogP) is 3.46. The Morgan fingerprint density at radius 3 is 2.24 bits per heavy atom. The van der Waals surface area contributed by atoms with Crippen molar-refractivity contribution in [3.8, 4) is 11.4 Å². The number of nitrogens with zero attached hydrogens (tertiary/aromatic N) is 2. The van der Waals surface area contributed by atoms with Crippen LogP contribution in [0.2, 0.25) is 0 Å². The summed E-state index contributed by atoms with van der Waals surface area (Å²) < 4.78 is 27.2. The largest absolute Gasteiger partial charge is 0.477 e. The van der Waals surface area contributed by atoms with Gasteiger partial charge < -0.3 is 5.11 Å². The van der Waals surface area contributed by atoms with Gasteiger partial charge in [-0.05, 0) is 30.5 Å². The quantitative estimate of drug-likeness (QED) is 0.916.